The summed E-state index contributed by atoms with van der Waals surface area (Å²) in [7, 11) is 0. The van der Waals surface area contributed by atoms with Gasteiger partial charge in [-0.25, -0.2) is 5.48 Å². The highest BCUT2D eigenvalue weighted by molar-refractivity contribution is 5.28. The Morgan fingerprint density at radius 3 is 2.70 bits per heavy atom. The molecule has 0 aliphatic carbocycles. The smallest absolute Gasteiger partial charge is 0.0478 e. The SMILES string of the molecule is Cc1c[nH]c(C)c1CNO. The van der Waals surface area contributed by atoms with Crippen molar-refractivity contribution in [1.29, 1.82) is 0 Å². The van der Waals surface area contributed by atoms with Crippen molar-refractivity contribution < 1.29 is 5.21 Å². The topological polar surface area (TPSA) is 48.0 Å². The van der Waals surface area contributed by atoms with Crippen LogP contribution in [0.2, 0.25) is 0 Å². The molecule has 0 aliphatic rings. The summed E-state index contributed by atoms with van der Waals surface area (Å²) >= 11 is 0. The summed E-state index contributed by atoms with van der Waals surface area (Å²) < 4.78 is 0. The Labute approximate surface area is 60.0 Å². The van der Waals surface area contributed by atoms with Crippen LogP contribution >= 0.6 is 0 Å². The standard InChI is InChI=1S/C7H12N2O/c1-5-3-8-6(2)7(5)4-9-10/h3,8-10H,4H2,1-2H3. The van der Waals surface area contributed by atoms with E-state index in [2.05, 4.69) is 10.5 Å². The van der Waals surface area contributed by atoms with Gasteiger partial charge in [0.2, 0.25) is 0 Å². The molecule has 10 heavy (non-hydrogen) atoms. The maximum Gasteiger partial charge on any atom is 0.0478 e. The van der Waals surface area contributed by atoms with Gasteiger partial charge in [0.15, 0.2) is 0 Å². The first-order valence-corrected chi connectivity index (χ1v) is 3.26. The molecule has 0 saturated carbocycles. The molecule has 0 unspecified atom stereocenters. The Hall–Kier alpha value is -0.800. The molecule has 0 aromatic carbocycles. The van der Waals surface area contributed by atoms with Gasteiger partial charge in [-0.2, -0.15) is 0 Å². The molecule has 3 heteroatoms. The normalized spacial score (nSPS) is 10.3. The number of nitrogens with one attached hydrogen (secondary N) is 2. The van der Waals surface area contributed by atoms with Crippen LogP contribution in [0.4, 0.5) is 0 Å². The first kappa shape index (κ1) is 7.31. The van der Waals surface area contributed by atoms with E-state index in [-0.39, 0.29) is 0 Å². The molecule has 1 aromatic rings. The van der Waals surface area contributed by atoms with E-state index in [0.29, 0.717) is 6.54 Å². The summed E-state index contributed by atoms with van der Waals surface area (Å²) in [6, 6.07) is 0. The summed E-state index contributed by atoms with van der Waals surface area (Å²) in [5, 5.41) is 8.42. The minimum Gasteiger partial charge on any atom is -0.365 e. The van der Waals surface area contributed by atoms with Crippen LogP contribution in [-0.4, -0.2) is 10.2 Å². The molecule has 0 fully saturated rings. The summed E-state index contributed by atoms with van der Waals surface area (Å²) in [6.07, 6.45) is 1.93. The maximum atomic E-state index is 8.42. The molecule has 1 rings (SSSR count). The average molecular weight is 140 g/mol. The lowest BCUT2D eigenvalue weighted by Gasteiger charge is -1.98. The lowest BCUT2D eigenvalue weighted by Crippen LogP contribution is -2.07. The lowest BCUT2D eigenvalue weighted by molar-refractivity contribution is 0.161. The fourth-order valence-electron chi connectivity index (χ4n) is 1.04. The zero-order valence-electron chi connectivity index (χ0n) is 6.23. The van der Waals surface area contributed by atoms with Crippen LogP contribution in [0.5, 0.6) is 0 Å². The second-order valence-electron chi connectivity index (χ2n) is 2.41. The largest absolute Gasteiger partial charge is 0.365 e. The van der Waals surface area contributed by atoms with Crippen molar-refractivity contribution in [3.63, 3.8) is 0 Å². The number of hydrogen-bond donors (Lipinski definition) is 3. The van der Waals surface area contributed by atoms with E-state index >= 15 is 0 Å². The van der Waals surface area contributed by atoms with Crippen LogP contribution in [-0.2, 0) is 6.54 Å². The highest BCUT2D eigenvalue weighted by Gasteiger charge is 2.01. The Bertz CT molecular complexity index is 198. The van der Waals surface area contributed by atoms with Gasteiger partial charge in [0.1, 0.15) is 0 Å². The van der Waals surface area contributed by atoms with E-state index in [1.54, 1.807) is 0 Å². The molecular formula is C7H12N2O. The monoisotopic (exact) mass is 140 g/mol. The molecule has 3 nitrogen and oxygen atoms in total. The number of hydrogen-bond acceptors (Lipinski definition) is 2. The van der Waals surface area contributed by atoms with Gasteiger partial charge >= 0.3 is 0 Å². The van der Waals surface area contributed by atoms with Gasteiger partial charge in [0, 0.05) is 18.4 Å². The van der Waals surface area contributed by atoms with Gasteiger partial charge < -0.3 is 10.2 Å². The van der Waals surface area contributed by atoms with Crippen molar-refractivity contribution in [1.82, 2.24) is 10.5 Å². The first-order valence-electron chi connectivity index (χ1n) is 3.26. The van der Waals surface area contributed by atoms with Crippen molar-refractivity contribution in [3.05, 3.63) is 23.0 Å². The molecular weight excluding hydrogens is 128 g/mol. The molecule has 0 saturated heterocycles. The molecule has 0 bridgehead atoms. The van der Waals surface area contributed by atoms with Crippen LogP contribution in [0.15, 0.2) is 6.20 Å². The number of H-pyrrole nitrogens is 1. The Kier molecular flexibility index (Phi) is 2.09. The van der Waals surface area contributed by atoms with Crippen molar-refractivity contribution in [2.75, 3.05) is 0 Å². The Balaban J connectivity index is 2.87. The Morgan fingerprint density at radius 2 is 2.30 bits per heavy atom. The maximum absolute atomic E-state index is 8.42. The van der Waals surface area contributed by atoms with E-state index in [4.69, 9.17) is 5.21 Å². The molecule has 0 amide bonds. The second kappa shape index (κ2) is 2.86. The van der Waals surface area contributed by atoms with Gasteiger partial charge in [-0.3, -0.25) is 0 Å². The van der Waals surface area contributed by atoms with Gasteiger partial charge in [-0.05, 0) is 25.0 Å². The number of aryl methyl sites for hydroxylation is 2. The van der Waals surface area contributed by atoms with Gasteiger partial charge in [0.05, 0.1) is 0 Å². The highest BCUT2D eigenvalue weighted by atomic mass is 16.5. The molecule has 0 aliphatic heterocycles. The molecule has 1 aromatic heterocycles. The van der Waals surface area contributed by atoms with Crippen LogP contribution in [0, 0.1) is 13.8 Å². The fraction of sp³-hybridized carbons (Fsp3) is 0.429. The molecule has 0 radical (unpaired) electrons. The summed E-state index contributed by atoms with van der Waals surface area (Å²) in [6.45, 7) is 4.51. The van der Waals surface area contributed by atoms with E-state index in [0.717, 1.165) is 11.3 Å². The number of rotatable bonds is 2. The predicted octanol–water partition coefficient (Wildman–Crippen LogP) is 1.11. The fourth-order valence-corrected chi connectivity index (χ4v) is 1.04. The zero-order chi connectivity index (χ0) is 7.56. The molecule has 1 heterocycles. The minimum atomic E-state index is 0.515. The number of aromatic nitrogens is 1. The third-order valence-corrected chi connectivity index (χ3v) is 1.69. The van der Waals surface area contributed by atoms with Crippen molar-refractivity contribution >= 4 is 0 Å². The van der Waals surface area contributed by atoms with Crippen LogP contribution in [0.1, 0.15) is 16.8 Å². The molecule has 0 spiro atoms. The van der Waals surface area contributed by atoms with Crippen LogP contribution < -0.4 is 5.48 Å². The average Bonchev–Trinajstić information content (AvgIpc) is 2.20. The summed E-state index contributed by atoms with van der Waals surface area (Å²) in [4.78, 5) is 3.07. The van der Waals surface area contributed by atoms with E-state index < -0.39 is 0 Å². The lowest BCUT2D eigenvalue weighted by atomic mass is 10.2. The van der Waals surface area contributed by atoms with Gasteiger partial charge in [0.25, 0.3) is 0 Å². The summed E-state index contributed by atoms with van der Waals surface area (Å²) in [5.74, 6) is 0. The second-order valence-corrected chi connectivity index (χ2v) is 2.41. The van der Waals surface area contributed by atoms with Gasteiger partial charge in [-0.1, -0.05) is 0 Å². The summed E-state index contributed by atoms with van der Waals surface area (Å²) in [5.41, 5.74) is 5.56. The van der Waals surface area contributed by atoms with E-state index in [9.17, 15) is 0 Å². The first-order chi connectivity index (χ1) is 4.75. The third kappa shape index (κ3) is 1.20. The van der Waals surface area contributed by atoms with E-state index in [1.165, 1.54) is 5.56 Å². The predicted molar refractivity (Wildman–Crippen MR) is 38.9 cm³/mol. The molecule has 3 N–H and O–H groups in total. The van der Waals surface area contributed by atoms with Crippen molar-refractivity contribution in [2.45, 2.75) is 20.4 Å². The minimum absolute atomic E-state index is 0.515. The van der Waals surface area contributed by atoms with E-state index in [1.807, 2.05) is 20.0 Å². The molecule has 56 valence electrons. The van der Waals surface area contributed by atoms with Crippen molar-refractivity contribution in [3.8, 4) is 0 Å². The van der Waals surface area contributed by atoms with Crippen LogP contribution in [0.25, 0.3) is 0 Å². The van der Waals surface area contributed by atoms with Crippen molar-refractivity contribution in [2.24, 2.45) is 0 Å². The third-order valence-electron chi connectivity index (χ3n) is 1.69. The Morgan fingerprint density at radius 1 is 1.60 bits per heavy atom. The van der Waals surface area contributed by atoms with Crippen LogP contribution in [0.3, 0.4) is 0 Å². The molecule has 0 atom stereocenters. The highest BCUT2D eigenvalue weighted by Crippen LogP contribution is 2.10. The van der Waals surface area contributed by atoms with Gasteiger partial charge in [-0.15, -0.1) is 0 Å². The quantitative estimate of drug-likeness (QED) is 0.539. The number of aromatic amines is 1. The number of hydroxylamine groups is 1. The zero-order valence-corrected chi connectivity index (χ0v) is 6.23.